The number of nitrogens with one attached hydrogen (secondary N) is 1. The number of carbonyl (C=O) groups excluding carboxylic acids is 1. The van der Waals surface area contributed by atoms with Crippen LogP contribution in [0.1, 0.15) is 46.1 Å². The monoisotopic (exact) mass is 480 g/mol. The van der Waals surface area contributed by atoms with Crippen LogP contribution in [-0.4, -0.2) is 30.5 Å². The van der Waals surface area contributed by atoms with Gasteiger partial charge in [0.2, 0.25) is 0 Å². The smallest absolute Gasteiger partial charge is 0.252 e. The maximum atomic E-state index is 13.8. The van der Waals surface area contributed by atoms with Gasteiger partial charge >= 0.3 is 0 Å². The van der Waals surface area contributed by atoms with E-state index >= 15 is 0 Å². The lowest BCUT2D eigenvalue weighted by Crippen LogP contribution is -2.31. The first-order valence-electron chi connectivity index (χ1n) is 12.0. The Morgan fingerprint density at radius 2 is 1.94 bits per heavy atom. The van der Waals surface area contributed by atoms with Crippen LogP contribution >= 0.6 is 0 Å². The molecule has 0 spiro atoms. The number of aromatic nitrogens is 5. The van der Waals surface area contributed by atoms with Crippen LogP contribution in [-0.2, 0) is 20.0 Å². The molecular weight excluding hydrogens is 455 g/mol. The molecule has 2 aromatic carbocycles. The second-order valence-electron chi connectivity index (χ2n) is 9.18. The first-order chi connectivity index (χ1) is 17.6. The Kier molecular flexibility index (Phi) is 5.56. The molecule has 1 N–H and O–H groups in total. The van der Waals surface area contributed by atoms with Crippen LogP contribution in [0.3, 0.4) is 0 Å². The number of halogens is 1. The number of benzene rings is 2. The Balaban J connectivity index is 1.42. The van der Waals surface area contributed by atoms with E-state index in [9.17, 15) is 9.18 Å². The van der Waals surface area contributed by atoms with Gasteiger partial charge < -0.3 is 5.32 Å². The molecule has 7 nitrogen and oxygen atoms in total. The quantitative estimate of drug-likeness (QED) is 0.391. The van der Waals surface area contributed by atoms with E-state index in [1.807, 2.05) is 60.4 Å². The molecule has 180 valence electrons. The van der Waals surface area contributed by atoms with Gasteiger partial charge in [-0.2, -0.15) is 10.2 Å². The van der Waals surface area contributed by atoms with Crippen LogP contribution in [0.15, 0.2) is 73.1 Å². The normalized spacial score (nSPS) is 15.1. The van der Waals surface area contributed by atoms with E-state index in [-0.39, 0.29) is 17.8 Å². The lowest BCUT2D eigenvalue weighted by molar-refractivity contribution is 0.0934. The van der Waals surface area contributed by atoms with Crippen LogP contribution in [0.25, 0.3) is 22.3 Å². The summed E-state index contributed by atoms with van der Waals surface area (Å²) >= 11 is 0. The molecule has 1 aliphatic rings. The van der Waals surface area contributed by atoms with E-state index in [2.05, 4.69) is 15.5 Å². The lowest BCUT2D eigenvalue weighted by Gasteiger charge is -2.24. The molecule has 3 aromatic heterocycles. The summed E-state index contributed by atoms with van der Waals surface area (Å²) in [6, 6.07) is 17.9. The van der Waals surface area contributed by atoms with E-state index in [0.29, 0.717) is 28.8 Å². The zero-order chi connectivity index (χ0) is 24.6. The van der Waals surface area contributed by atoms with Crippen LogP contribution in [0.5, 0.6) is 0 Å². The SMILES string of the molecule is Cn1ncc2c1CCCC2NC(=O)c1cc(-c2ccccc2)nc2c1cnn2Cc1cccc(F)c1. The van der Waals surface area contributed by atoms with E-state index in [0.717, 1.165) is 36.0 Å². The number of nitrogens with zero attached hydrogens (tertiary/aromatic N) is 5. The third kappa shape index (κ3) is 4.04. The molecule has 5 aromatic rings. The van der Waals surface area contributed by atoms with E-state index in [1.165, 1.54) is 17.8 Å². The molecule has 1 atom stereocenters. The van der Waals surface area contributed by atoms with Gasteiger partial charge in [-0.05, 0) is 43.0 Å². The second kappa shape index (κ2) is 9.03. The Bertz CT molecular complexity index is 1570. The number of pyridine rings is 1. The molecule has 0 bridgehead atoms. The van der Waals surface area contributed by atoms with Gasteiger partial charge in [0, 0.05) is 23.9 Å². The van der Waals surface area contributed by atoms with Gasteiger partial charge in [0.05, 0.1) is 41.6 Å². The number of amides is 1. The first kappa shape index (κ1) is 22.2. The first-order valence-corrected chi connectivity index (χ1v) is 12.0. The summed E-state index contributed by atoms with van der Waals surface area (Å²) in [7, 11) is 1.94. The standard InChI is InChI=1S/C28H25FN6O/c1-34-26-12-6-11-24(23(26)16-30-34)33-28(36)21-14-25(19-8-3-2-4-9-19)32-27-22(21)15-31-35(27)17-18-7-5-10-20(29)13-18/h2-5,7-10,13-16,24H,6,11-12,17H2,1H3,(H,33,36). The molecule has 0 radical (unpaired) electrons. The van der Waals surface area contributed by atoms with Crippen LogP contribution in [0.2, 0.25) is 0 Å². The number of rotatable bonds is 5. The lowest BCUT2D eigenvalue weighted by atomic mass is 9.92. The van der Waals surface area contributed by atoms with Crippen molar-refractivity contribution in [1.29, 1.82) is 0 Å². The van der Waals surface area contributed by atoms with E-state index in [4.69, 9.17) is 4.98 Å². The zero-order valence-electron chi connectivity index (χ0n) is 19.9. The Hall–Kier alpha value is -4.33. The van der Waals surface area contributed by atoms with Crippen molar-refractivity contribution in [1.82, 2.24) is 29.9 Å². The summed E-state index contributed by atoms with van der Waals surface area (Å²) in [6.07, 6.45) is 6.34. The molecular formula is C28H25FN6O. The third-order valence-corrected chi connectivity index (χ3v) is 6.83. The van der Waals surface area contributed by atoms with E-state index < -0.39 is 0 Å². The molecule has 0 fully saturated rings. The average Bonchev–Trinajstić information content (AvgIpc) is 3.48. The average molecular weight is 481 g/mol. The highest BCUT2D eigenvalue weighted by atomic mass is 19.1. The Morgan fingerprint density at radius 1 is 1.08 bits per heavy atom. The fourth-order valence-electron chi connectivity index (χ4n) is 5.01. The fourth-order valence-corrected chi connectivity index (χ4v) is 5.01. The van der Waals surface area contributed by atoms with Crippen LogP contribution in [0.4, 0.5) is 4.39 Å². The molecule has 0 saturated carbocycles. The summed E-state index contributed by atoms with van der Waals surface area (Å²) in [4.78, 5) is 18.6. The van der Waals surface area contributed by atoms with Crippen molar-refractivity contribution in [2.24, 2.45) is 7.05 Å². The summed E-state index contributed by atoms with van der Waals surface area (Å²) in [6.45, 7) is 0.342. The molecule has 6 rings (SSSR count). The molecule has 3 heterocycles. The summed E-state index contributed by atoms with van der Waals surface area (Å²) in [5, 5.41) is 12.8. The number of hydrogen-bond acceptors (Lipinski definition) is 4. The van der Waals surface area contributed by atoms with Crippen molar-refractivity contribution in [2.75, 3.05) is 0 Å². The van der Waals surface area contributed by atoms with Crippen LogP contribution < -0.4 is 5.32 Å². The summed E-state index contributed by atoms with van der Waals surface area (Å²) < 4.78 is 17.4. The Labute approximate surface area is 207 Å². The van der Waals surface area contributed by atoms with Crippen molar-refractivity contribution in [2.45, 2.75) is 31.8 Å². The predicted molar refractivity (Wildman–Crippen MR) is 135 cm³/mol. The molecule has 36 heavy (non-hydrogen) atoms. The summed E-state index contributed by atoms with van der Waals surface area (Å²) in [5.41, 5.74) is 5.69. The van der Waals surface area contributed by atoms with Crippen molar-refractivity contribution in [3.8, 4) is 11.3 Å². The maximum Gasteiger partial charge on any atom is 0.252 e. The molecule has 1 aliphatic carbocycles. The molecule has 0 aliphatic heterocycles. The van der Waals surface area contributed by atoms with Gasteiger partial charge in [-0.15, -0.1) is 0 Å². The fraction of sp³-hybridized carbons (Fsp3) is 0.214. The minimum Gasteiger partial charge on any atom is -0.345 e. The van der Waals surface area contributed by atoms with Gasteiger partial charge in [-0.25, -0.2) is 14.1 Å². The Morgan fingerprint density at radius 3 is 2.78 bits per heavy atom. The van der Waals surface area contributed by atoms with Crippen molar-refractivity contribution in [3.05, 3.63) is 101 Å². The highest BCUT2D eigenvalue weighted by Gasteiger charge is 2.26. The number of fused-ring (bicyclic) bond motifs is 2. The maximum absolute atomic E-state index is 13.8. The van der Waals surface area contributed by atoms with Gasteiger partial charge in [0.15, 0.2) is 5.65 Å². The molecule has 1 amide bonds. The van der Waals surface area contributed by atoms with Gasteiger partial charge in [-0.3, -0.25) is 9.48 Å². The van der Waals surface area contributed by atoms with Crippen molar-refractivity contribution >= 4 is 16.9 Å². The largest absolute Gasteiger partial charge is 0.345 e. The number of carbonyl (C=O) groups is 1. The van der Waals surface area contributed by atoms with Gasteiger partial charge in [0.1, 0.15) is 5.82 Å². The highest BCUT2D eigenvalue weighted by Crippen LogP contribution is 2.31. The second-order valence-corrected chi connectivity index (χ2v) is 9.18. The summed E-state index contributed by atoms with van der Waals surface area (Å²) in [5.74, 6) is -0.476. The van der Waals surface area contributed by atoms with Crippen molar-refractivity contribution in [3.63, 3.8) is 0 Å². The molecule has 1 unspecified atom stereocenters. The van der Waals surface area contributed by atoms with Crippen LogP contribution in [0, 0.1) is 5.82 Å². The van der Waals surface area contributed by atoms with Gasteiger partial charge in [-0.1, -0.05) is 42.5 Å². The third-order valence-electron chi connectivity index (χ3n) is 6.83. The molecule has 0 saturated heterocycles. The molecule has 8 heteroatoms. The van der Waals surface area contributed by atoms with E-state index in [1.54, 1.807) is 16.9 Å². The topological polar surface area (TPSA) is 77.6 Å². The minimum atomic E-state index is -0.302. The van der Waals surface area contributed by atoms with Gasteiger partial charge in [0.25, 0.3) is 5.91 Å². The minimum absolute atomic E-state index is 0.0966. The number of aryl methyl sites for hydroxylation is 1. The number of hydrogen-bond donors (Lipinski definition) is 1. The predicted octanol–water partition coefficient (Wildman–Crippen LogP) is 4.83. The highest BCUT2D eigenvalue weighted by molar-refractivity contribution is 6.06. The van der Waals surface area contributed by atoms with Crippen molar-refractivity contribution < 1.29 is 9.18 Å². The zero-order valence-corrected chi connectivity index (χ0v) is 19.9.